The number of benzene rings is 2. The van der Waals surface area contributed by atoms with Gasteiger partial charge in [0.25, 0.3) is 5.69 Å². The third kappa shape index (κ3) is 3.95. The van der Waals surface area contributed by atoms with Gasteiger partial charge in [-0.3, -0.25) is 10.1 Å². The lowest BCUT2D eigenvalue weighted by Gasteiger charge is -2.04. The number of non-ortho nitro benzene ring substituents is 1. The highest BCUT2D eigenvalue weighted by molar-refractivity contribution is 7.20. The molecule has 1 heterocycles. The number of rotatable bonds is 6. The second kappa shape index (κ2) is 7.31. The molecule has 1 aromatic heterocycles. The average molecular weight is 357 g/mol. The number of nitrogens with zero attached hydrogens (tertiary/aromatic N) is 1. The van der Waals surface area contributed by atoms with Crippen LogP contribution in [0.15, 0.2) is 48.5 Å². The first-order valence-corrected chi connectivity index (χ1v) is 8.36. The van der Waals surface area contributed by atoms with Gasteiger partial charge in [0.1, 0.15) is 10.6 Å². The first kappa shape index (κ1) is 16.9. The number of nitro groups is 1. The highest BCUT2D eigenvalue weighted by Gasteiger charge is 2.14. The molecule has 0 N–H and O–H groups in total. The summed E-state index contributed by atoms with van der Waals surface area (Å²) >= 11 is 1.26. The maximum atomic E-state index is 12.2. The second-order valence-electron chi connectivity index (χ2n) is 5.32. The molecule has 3 aromatic rings. The summed E-state index contributed by atoms with van der Waals surface area (Å²) in [7, 11) is 1.61. The number of ether oxygens (including phenoxy) is 2. The van der Waals surface area contributed by atoms with Gasteiger partial charge in [-0.15, -0.1) is 11.3 Å². The van der Waals surface area contributed by atoms with Crippen LogP contribution in [0.4, 0.5) is 5.69 Å². The highest BCUT2D eigenvalue weighted by atomic mass is 32.1. The van der Waals surface area contributed by atoms with Crippen molar-refractivity contribution in [2.75, 3.05) is 13.7 Å². The molecule has 6 nitrogen and oxygen atoms in total. The summed E-state index contributed by atoms with van der Waals surface area (Å²) in [6, 6.07) is 13.7. The van der Waals surface area contributed by atoms with E-state index in [2.05, 4.69) is 0 Å². The zero-order valence-electron chi connectivity index (χ0n) is 13.4. The molecule has 0 fully saturated rings. The third-order valence-electron chi connectivity index (χ3n) is 3.69. The standard InChI is InChI=1S/C18H15NO5S/c1-23-15-5-2-12(3-6-15)8-9-24-18(20)17-11-13-10-14(19(21)22)4-7-16(13)25-17/h2-7,10-11H,8-9H2,1H3. The maximum Gasteiger partial charge on any atom is 0.348 e. The van der Waals surface area contributed by atoms with Gasteiger partial charge < -0.3 is 9.47 Å². The van der Waals surface area contributed by atoms with Gasteiger partial charge in [0.05, 0.1) is 18.6 Å². The third-order valence-corrected chi connectivity index (χ3v) is 4.79. The van der Waals surface area contributed by atoms with Gasteiger partial charge in [-0.1, -0.05) is 12.1 Å². The molecule has 0 bridgehead atoms. The summed E-state index contributed by atoms with van der Waals surface area (Å²) in [6.45, 7) is 0.263. The summed E-state index contributed by atoms with van der Waals surface area (Å²) in [4.78, 5) is 23.0. The monoisotopic (exact) mass is 357 g/mol. The van der Waals surface area contributed by atoms with Crippen LogP contribution >= 0.6 is 11.3 Å². The first-order chi connectivity index (χ1) is 12.1. The van der Waals surface area contributed by atoms with E-state index in [1.165, 1.54) is 23.5 Å². The van der Waals surface area contributed by atoms with Crippen LogP contribution in [-0.4, -0.2) is 24.6 Å². The number of carbonyl (C=O) groups is 1. The number of thiophene rings is 1. The van der Waals surface area contributed by atoms with Crippen molar-refractivity contribution < 1.29 is 19.2 Å². The Morgan fingerprint density at radius 3 is 2.60 bits per heavy atom. The maximum absolute atomic E-state index is 12.2. The van der Waals surface area contributed by atoms with Gasteiger partial charge in [0.15, 0.2) is 0 Å². The fourth-order valence-corrected chi connectivity index (χ4v) is 3.31. The molecule has 0 unspecified atom stereocenters. The number of fused-ring (bicyclic) bond motifs is 1. The van der Waals surface area contributed by atoms with Gasteiger partial charge in [-0.2, -0.15) is 0 Å². The highest BCUT2D eigenvalue weighted by Crippen LogP contribution is 2.29. The molecule has 0 spiro atoms. The molecule has 0 saturated carbocycles. The number of hydrogen-bond donors (Lipinski definition) is 0. The van der Waals surface area contributed by atoms with Gasteiger partial charge in [-0.25, -0.2) is 4.79 Å². The fraction of sp³-hybridized carbons (Fsp3) is 0.167. The number of nitro benzene ring substituents is 1. The molecular formula is C18H15NO5S. The lowest BCUT2D eigenvalue weighted by atomic mass is 10.1. The second-order valence-corrected chi connectivity index (χ2v) is 6.41. The molecule has 0 aliphatic rings. The zero-order valence-corrected chi connectivity index (χ0v) is 14.2. The van der Waals surface area contributed by atoms with E-state index in [0.29, 0.717) is 16.7 Å². The Bertz CT molecular complexity index is 917. The number of esters is 1. The van der Waals surface area contributed by atoms with E-state index in [-0.39, 0.29) is 12.3 Å². The quantitative estimate of drug-likeness (QED) is 0.375. The van der Waals surface area contributed by atoms with E-state index in [9.17, 15) is 14.9 Å². The molecule has 0 aliphatic carbocycles. The van der Waals surface area contributed by atoms with Gasteiger partial charge in [-0.05, 0) is 29.8 Å². The normalized spacial score (nSPS) is 10.6. The number of hydrogen-bond acceptors (Lipinski definition) is 6. The number of methoxy groups -OCH3 is 1. The Kier molecular flexibility index (Phi) is 4.95. The van der Waals surface area contributed by atoms with E-state index in [1.807, 2.05) is 24.3 Å². The van der Waals surface area contributed by atoms with Crippen LogP contribution in [0.25, 0.3) is 10.1 Å². The van der Waals surface area contributed by atoms with Crippen molar-refractivity contribution in [2.24, 2.45) is 0 Å². The first-order valence-electron chi connectivity index (χ1n) is 7.55. The Morgan fingerprint density at radius 1 is 1.16 bits per heavy atom. The molecule has 0 radical (unpaired) electrons. The largest absolute Gasteiger partial charge is 0.497 e. The molecular weight excluding hydrogens is 342 g/mol. The van der Waals surface area contributed by atoms with E-state index >= 15 is 0 Å². The molecule has 0 atom stereocenters. The van der Waals surface area contributed by atoms with Crippen LogP contribution in [0.1, 0.15) is 15.2 Å². The van der Waals surface area contributed by atoms with E-state index in [1.54, 1.807) is 19.2 Å². The van der Waals surface area contributed by atoms with Crippen LogP contribution in [-0.2, 0) is 11.2 Å². The van der Waals surface area contributed by atoms with Gasteiger partial charge in [0, 0.05) is 28.6 Å². The predicted molar refractivity (Wildman–Crippen MR) is 95.5 cm³/mol. The van der Waals surface area contributed by atoms with Crippen LogP contribution in [0, 0.1) is 10.1 Å². The topological polar surface area (TPSA) is 78.7 Å². The summed E-state index contributed by atoms with van der Waals surface area (Å²) in [6.07, 6.45) is 0.603. The number of carbonyl (C=O) groups excluding carboxylic acids is 1. The minimum atomic E-state index is -0.454. The predicted octanol–water partition coefficient (Wildman–Crippen LogP) is 4.22. The molecule has 0 amide bonds. The van der Waals surface area contributed by atoms with E-state index in [0.717, 1.165) is 16.0 Å². The fourth-order valence-electron chi connectivity index (χ4n) is 2.37. The van der Waals surface area contributed by atoms with Crippen LogP contribution < -0.4 is 4.74 Å². The van der Waals surface area contributed by atoms with Gasteiger partial charge in [0.2, 0.25) is 0 Å². The Morgan fingerprint density at radius 2 is 1.92 bits per heavy atom. The van der Waals surface area contributed by atoms with E-state index < -0.39 is 10.9 Å². The smallest absolute Gasteiger partial charge is 0.348 e. The van der Waals surface area contributed by atoms with Crippen molar-refractivity contribution in [1.29, 1.82) is 0 Å². The van der Waals surface area contributed by atoms with Crippen molar-refractivity contribution in [3.63, 3.8) is 0 Å². The molecule has 0 saturated heterocycles. The molecule has 128 valence electrons. The summed E-state index contributed by atoms with van der Waals surface area (Å²) in [5.41, 5.74) is 1.05. The van der Waals surface area contributed by atoms with E-state index in [4.69, 9.17) is 9.47 Å². The minimum Gasteiger partial charge on any atom is -0.497 e. The Labute approximate surface area is 147 Å². The SMILES string of the molecule is COc1ccc(CCOC(=O)c2cc3cc([N+](=O)[O-])ccc3s2)cc1. The van der Waals surface area contributed by atoms with Crippen molar-refractivity contribution >= 4 is 33.1 Å². The molecule has 2 aromatic carbocycles. The summed E-state index contributed by atoms with van der Waals surface area (Å²) in [5, 5.41) is 11.5. The van der Waals surface area contributed by atoms with Crippen molar-refractivity contribution in [3.05, 3.63) is 69.1 Å². The minimum absolute atomic E-state index is 0.00437. The molecule has 7 heteroatoms. The van der Waals surface area contributed by atoms with Crippen LogP contribution in [0.5, 0.6) is 5.75 Å². The van der Waals surface area contributed by atoms with Crippen molar-refractivity contribution in [2.45, 2.75) is 6.42 Å². The summed E-state index contributed by atoms with van der Waals surface area (Å²) in [5.74, 6) is 0.359. The molecule has 3 rings (SSSR count). The average Bonchev–Trinajstić information content (AvgIpc) is 3.05. The molecule has 0 aliphatic heterocycles. The Hall–Kier alpha value is -2.93. The van der Waals surface area contributed by atoms with Crippen molar-refractivity contribution in [3.8, 4) is 5.75 Å². The van der Waals surface area contributed by atoms with Crippen LogP contribution in [0.3, 0.4) is 0 Å². The summed E-state index contributed by atoms with van der Waals surface area (Å²) < 4.78 is 11.2. The lowest BCUT2D eigenvalue weighted by molar-refractivity contribution is -0.384. The Balaban J connectivity index is 1.62. The zero-order chi connectivity index (χ0) is 17.8. The van der Waals surface area contributed by atoms with Gasteiger partial charge >= 0.3 is 5.97 Å². The lowest BCUT2D eigenvalue weighted by Crippen LogP contribution is -2.06. The molecule has 25 heavy (non-hydrogen) atoms. The van der Waals surface area contributed by atoms with Crippen LogP contribution in [0.2, 0.25) is 0 Å². The van der Waals surface area contributed by atoms with Crippen molar-refractivity contribution in [1.82, 2.24) is 0 Å².